The van der Waals surface area contributed by atoms with Crippen molar-refractivity contribution < 1.29 is 19.2 Å². The van der Waals surface area contributed by atoms with Gasteiger partial charge in [0.15, 0.2) is 11.5 Å². The number of nitrogens with zero attached hydrogens (tertiary/aromatic N) is 2. The van der Waals surface area contributed by atoms with Gasteiger partial charge < -0.3 is 9.47 Å². The van der Waals surface area contributed by atoms with Crippen LogP contribution in [0.5, 0.6) is 11.5 Å². The van der Waals surface area contributed by atoms with Crippen molar-refractivity contribution >= 4 is 17.8 Å². The number of nitro groups is 1. The van der Waals surface area contributed by atoms with Crippen molar-refractivity contribution in [2.24, 2.45) is 5.10 Å². The van der Waals surface area contributed by atoms with E-state index in [0.717, 1.165) is 11.6 Å². The van der Waals surface area contributed by atoms with Gasteiger partial charge in [0.05, 0.1) is 17.2 Å². The SMILES string of the molecule is O=C(N/N=C/c1ccccc1)c1cc2c(cc1[N+](=O)[O-])OCO2. The van der Waals surface area contributed by atoms with Crippen molar-refractivity contribution in [1.29, 1.82) is 0 Å². The Balaban J connectivity index is 1.82. The lowest BCUT2D eigenvalue weighted by atomic mass is 10.1. The molecule has 116 valence electrons. The number of hydrogen-bond donors (Lipinski definition) is 1. The fourth-order valence-electron chi connectivity index (χ4n) is 2.03. The van der Waals surface area contributed by atoms with E-state index in [0.29, 0.717) is 0 Å². The predicted molar refractivity (Wildman–Crippen MR) is 80.7 cm³/mol. The Labute approximate surface area is 130 Å². The highest BCUT2D eigenvalue weighted by Crippen LogP contribution is 2.37. The van der Waals surface area contributed by atoms with E-state index in [9.17, 15) is 14.9 Å². The number of ether oxygens (including phenoxy) is 2. The fourth-order valence-corrected chi connectivity index (χ4v) is 2.03. The van der Waals surface area contributed by atoms with Crippen LogP contribution in [0.2, 0.25) is 0 Å². The van der Waals surface area contributed by atoms with Crippen LogP contribution in [-0.2, 0) is 0 Å². The van der Waals surface area contributed by atoms with Gasteiger partial charge in [-0.1, -0.05) is 30.3 Å². The van der Waals surface area contributed by atoms with Crippen LogP contribution in [0, 0.1) is 10.1 Å². The summed E-state index contributed by atoms with van der Waals surface area (Å²) in [4.78, 5) is 22.6. The van der Waals surface area contributed by atoms with E-state index >= 15 is 0 Å². The first kappa shape index (κ1) is 14.5. The van der Waals surface area contributed by atoms with Gasteiger partial charge in [-0.05, 0) is 5.56 Å². The molecule has 0 spiro atoms. The maximum Gasteiger partial charge on any atom is 0.286 e. The Hall–Kier alpha value is -3.42. The second-order valence-corrected chi connectivity index (χ2v) is 4.59. The van der Waals surface area contributed by atoms with Gasteiger partial charge in [0.1, 0.15) is 5.56 Å². The number of rotatable bonds is 4. The van der Waals surface area contributed by atoms with E-state index in [-0.39, 0.29) is 29.5 Å². The molecule has 8 nitrogen and oxygen atoms in total. The zero-order chi connectivity index (χ0) is 16.2. The first-order valence-corrected chi connectivity index (χ1v) is 6.61. The monoisotopic (exact) mass is 313 g/mol. The first-order chi connectivity index (χ1) is 11.1. The Morgan fingerprint density at radius 3 is 2.61 bits per heavy atom. The van der Waals surface area contributed by atoms with Gasteiger partial charge in [-0.25, -0.2) is 5.43 Å². The van der Waals surface area contributed by atoms with Crippen LogP contribution in [0.3, 0.4) is 0 Å². The number of carbonyl (C=O) groups is 1. The number of nitro benzene ring substituents is 1. The Kier molecular flexibility index (Phi) is 3.88. The molecule has 3 rings (SSSR count). The summed E-state index contributed by atoms with van der Waals surface area (Å²) in [6.07, 6.45) is 1.44. The molecule has 2 aromatic carbocycles. The minimum absolute atomic E-state index is 0.0380. The lowest BCUT2D eigenvalue weighted by Crippen LogP contribution is -2.19. The molecule has 0 fully saturated rings. The van der Waals surface area contributed by atoms with Crippen molar-refractivity contribution in [3.8, 4) is 11.5 Å². The summed E-state index contributed by atoms with van der Waals surface area (Å²) in [6.45, 7) is -0.0380. The minimum atomic E-state index is -0.706. The Bertz CT molecular complexity index is 789. The fraction of sp³-hybridized carbons (Fsp3) is 0.0667. The topological polar surface area (TPSA) is 103 Å². The lowest BCUT2D eigenvalue weighted by Gasteiger charge is -2.03. The van der Waals surface area contributed by atoms with Crippen molar-refractivity contribution in [1.82, 2.24) is 5.43 Å². The van der Waals surface area contributed by atoms with Crippen LogP contribution >= 0.6 is 0 Å². The molecule has 0 saturated carbocycles. The van der Waals surface area contributed by atoms with Gasteiger partial charge in [0, 0.05) is 6.07 Å². The van der Waals surface area contributed by atoms with E-state index in [1.54, 1.807) is 12.1 Å². The maximum atomic E-state index is 12.1. The molecule has 0 radical (unpaired) electrons. The van der Waals surface area contributed by atoms with Crippen LogP contribution in [-0.4, -0.2) is 23.8 Å². The summed E-state index contributed by atoms with van der Waals surface area (Å²) in [5, 5.41) is 14.9. The second-order valence-electron chi connectivity index (χ2n) is 4.59. The lowest BCUT2D eigenvalue weighted by molar-refractivity contribution is -0.385. The summed E-state index contributed by atoms with van der Waals surface area (Å²) >= 11 is 0. The van der Waals surface area contributed by atoms with Crippen LogP contribution in [0.25, 0.3) is 0 Å². The predicted octanol–water partition coefficient (Wildman–Crippen LogP) is 2.09. The van der Waals surface area contributed by atoms with Crippen molar-refractivity contribution in [3.63, 3.8) is 0 Å². The third-order valence-corrected chi connectivity index (χ3v) is 3.11. The van der Waals surface area contributed by atoms with E-state index in [1.165, 1.54) is 12.3 Å². The van der Waals surface area contributed by atoms with E-state index in [1.807, 2.05) is 18.2 Å². The minimum Gasteiger partial charge on any atom is -0.454 e. The van der Waals surface area contributed by atoms with Crippen LogP contribution < -0.4 is 14.9 Å². The largest absolute Gasteiger partial charge is 0.454 e. The van der Waals surface area contributed by atoms with Gasteiger partial charge in [0.2, 0.25) is 6.79 Å². The summed E-state index contributed by atoms with van der Waals surface area (Å²) < 4.78 is 10.2. The quantitative estimate of drug-likeness (QED) is 0.529. The molecule has 1 N–H and O–H groups in total. The summed E-state index contributed by atoms with van der Waals surface area (Å²) in [5.74, 6) is -0.184. The molecule has 1 aliphatic heterocycles. The number of amides is 1. The molecule has 0 saturated heterocycles. The molecule has 0 atom stereocenters. The van der Waals surface area contributed by atoms with Crippen molar-refractivity contribution in [2.75, 3.05) is 6.79 Å². The normalized spacial score (nSPS) is 12.3. The number of nitrogens with one attached hydrogen (secondary N) is 1. The highest BCUT2D eigenvalue weighted by molar-refractivity contribution is 5.99. The molecule has 0 aromatic heterocycles. The molecular weight excluding hydrogens is 302 g/mol. The van der Waals surface area contributed by atoms with Crippen molar-refractivity contribution in [3.05, 3.63) is 63.7 Å². The van der Waals surface area contributed by atoms with Gasteiger partial charge in [-0.15, -0.1) is 0 Å². The molecule has 0 unspecified atom stereocenters. The summed E-state index contributed by atoms with van der Waals surface area (Å²) in [6, 6.07) is 11.5. The third-order valence-electron chi connectivity index (χ3n) is 3.11. The van der Waals surface area contributed by atoms with Gasteiger partial charge in [-0.2, -0.15) is 5.10 Å². The van der Waals surface area contributed by atoms with Crippen LogP contribution in [0.15, 0.2) is 47.6 Å². The zero-order valence-corrected chi connectivity index (χ0v) is 11.8. The average molecular weight is 313 g/mol. The number of carbonyl (C=O) groups excluding carboxylic acids is 1. The number of benzene rings is 2. The van der Waals surface area contributed by atoms with Gasteiger partial charge in [0.25, 0.3) is 11.6 Å². The zero-order valence-electron chi connectivity index (χ0n) is 11.8. The summed E-state index contributed by atoms with van der Waals surface area (Å²) in [5.41, 5.74) is 2.53. The number of hydrogen-bond acceptors (Lipinski definition) is 6. The molecule has 1 amide bonds. The standard InChI is InChI=1S/C15H11N3O5/c19-15(17-16-8-10-4-2-1-3-5-10)11-6-13-14(23-9-22-13)7-12(11)18(20)21/h1-8H,9H2,(H,17,19)/b16-8+. The van der Waals surface area contributed by atoms with Crippen LogP contribution in [0.4, 0.5) is 5.69 Å². The highest BCUT2D eigenvalue weighted by atomic mass is 16.7. The molecule has 2 aromatic rings. The van der Waals surface area contributed by atoms with E-state index in [4.69, 9.17) is 9.47 Å². The van der Waals surface area contributed by atoms with E-state index < -0.39 is 10.8 Å². The molecule has 0 bridgehead atoms. The smallest absolute Gasteiger partial charge is 0.286 e. The van der Waals surface area contributed by atoms with Gasteiger partial charge >= 0.3 is 0 Å². The number of hydrazone groups is 1. The third kappa shape index (κ3) is 3.10. The average Bonchev–Trinajstić information content (AvgIpc) is 3.02. The maximum absolute atomic E-state index is 12.1. The van der Waals surface area contributed by atoms with E-state index in [2.05, 4.69) is 10.5 Å². The molecule has 23 heavy (non-hydrogen) atoms. The summed E-state index contributed by atoms with van der Waals surface area (Å²) in [7, 11) is 0. The molecule has 8 heteroatoms. The number of fused-ring (bicyclic) bond motifs is 1. The second kappa shape index (κ2) is 6.14. The molecule has 1 aliphatic rings. The van der Waals surface area contributed by atoms with Crippen LogP contribution in [0.1, 0.15) is 15.9 Å². The van der Waals surface area contributed by atoms with Gasteiger partial charge in [-0.3, -0.25) is 14.9 Å². The molecule has 0 aliphatic carbocycles. The van der Waals surface area contributed by atoms with Crippen molar-refractivity contribution in [2.45, 2.75) is 0 Å². The Morgan fingerprint density at radius 1 is 1.22 bits per heavy atom. The highest BCUT2D eigenvalue weighted by Gasteiger charge is 2.27. The molecule has 1 heterocycles. The molecular formula is C15H11N3O5. The first-order valence-electron chi connectivity index (χ1n) is 6.61. The Morgan fingerprint density at radius 2 is 1.91 bits per heavy atom.